The van der Waals surface area contributed by atoms with Crippen molar-refractivity contribution in [3.05, 3.63) is 50.2 Å². The predicted molar refractivity (Wildman–Crippen MR) is 78.4 cm³/mol. The Balaban J connectivity index is 2.30. The van der Waals surface area contributed by atoms with Crippen LogP contribution in [0.5, 0.6) is 0 Å². The molecule has 0 aliphatic rings. The number of nitrogens with zero attached hydrogens (tertiary/aromatic N) is 3. The highest BCUT2D eigenvalue weighted by Gasteiger charge is 2.22. The van der Waals surface area contributed by atoms with Crippen LogP contribution < -0.4 is 5.32 Å². The third-order valence-electron chi connectivity index (χ3n) is 2.87. The van der Waals surface area contributed by atoms with Gasteiger partial charge in [0.2, 0.25) is 12.1 Å². The lowest BCUT2D eigenvalue weighted by atomic mass is 10.1. The molecule has 20 heavy (non-hydrogen) atoms. The van der Waals surface area contributed by atoms with Crippen LogP contribution in [0.3, 0.4) is 0 Å². The van der Waals surface area contributed by atoms with Gasteiger partial charge in [0.1, 0.15) is 0 Å². The highest BCUT2D eigenvalue weighted by Crippen LogP contribution is 2.30. The fourth-order valence-corrected chi connectivity index (χ4v) is 2.43. The first-order valence-corrected chi connectivity index (χ1v) is 6.53. The Labute approximate surface area is 125 Å². The molecule has 0 saturated carbocycles. The van der Waals surface area contributed by atoms with Crippen molar-refractivity contribution in [1.82, 2.24) is 9.55 Å². The Morgan fingerprint density at radius 1 is 1.45 bits per heavy atom. The quantitative estimate of drug-likeness (QED) is 0.688. The Hall–Kier alpha value is -1.79. The number of hydrogen-bond acceptors (Lipinski definition) is 4. The predicted octanol–water partition coefficient (Wildman–Crippen LogP) is 3.81. The van der Waals surface area contributed by atoms with Gasteiger partial charge in [0.05, 0.1) is 6.04 Å². The Kier molecular flexibility index (Phi) is 4.15. The van der Waals surface area contributed by atoms with Crippen molar-refractivity contribution in [3.63, 3.8) is 0 Å². The van der Waals surface area contributed by atoms with Crippen LogP contribution in [-0.4, -0.2) is 14.5 Å². The third kappa shape index (κ3) is 2.86. The van der Waals surface area contributed by atoms with Gasteiger partial charge in [0.15, 0.2) is 0 Å². The van der Waals surface area contributed by atoms with Gasteiger partial charge in [-0.25, -0.2) is 0 Å². The molecule has 0 aliphatic heterocycles. The topological polar surface area (TPSA) is 73.0 Å². The fraction of sp³-hybridized carbons (Fsp3) is 0.250. The molecule has 0 saturated heterocycles. The molecule has 1 N–H and O–H groups in total. The van der Waals surface area contributed by atoms with Crippen molar-refractivity contribution in [2.45, 2.75) is 13.0 Å². The normalized spacial score (nSPS) is 12.2. The monoisotopic (exact) mass is 314 g/mol. The molecule has 8 heteroatoms. The molecule has 106 valence electrons. The second-order valence-electron chi connectivity index (χ2n) is 4.32. The van der Waals surface area contributed by atoms with E-state index in [1.807, 2.05) is 6.92 Å². The summed E-state index contributed by atoms with van der Waals surface area (Å²) >= 11 is 12.0. The second kappa shape index (κ2) is 5.68. The molecular weight excluding hydrogens is 303 g/mol. The first-order chi connectivity index (χ1) is 9.40. The third-order valence-corrected chi connectivity index (χ3v) is 3.44. The summed E-state index contributed by atoms with van der Waals surface area (Å²) < 4.78 is 1.55. The zero-order valence-corrected chi connectivity index (χ0v) is 12.3. The van der Waals surface area contributed by atoms with E-state index >= 15 is 0 Å². The minimum Gasteiger partial charge on any atom is -0.358 e. The van der Waals surface area contributed by atoms with Crippen molar-refractivity contribution in [2.75, 3.05) is 5.32 Å². The molecule has 1 heterocycles. The Morgan fingerprint density at radius 3 is 2.75 bits per heavy atom. The molecule has 1 atom stereocenters. The number of nitrogens with one attached hydrogen (secondary N) is 1. The van der Waals surface area contributed by atoms with Gasteiger partial charge in [-0.3, -0.25) is 4.57 Å². The van der Waals surface area contributed by atoms with Crippen LogP contribution >= 0.6 is 23.2 Å². The van der Waals surface area contributed by atoms with Crippen LogP contribution in [0.2, 0.25) is 10.0 Å². The van der Waals surface area contributed by atoms with Crippen LogP contribution in [-0.2, 0) is 7.05 Å². The van der Waals surface area contributed by atoms with E-state index in [9.17, 15) is 10.1 Å². The maximum absolute atomic E-state index is 10.9. The Morgan fingerprint density at radius 2 is 2.15 bits per heavy atom. The highest BCUT2D eigenvalue weighted by atomic mass is 35.5. The van der Waals surface area contributed by atoms with Crippen molar-refractivity contribution in [2.24, 2.45) is 7.05 Å². The van der Waals surface area contributed by atoms with E-state index in [2.05, 4.69) is 10.3 Å². The van der Waals surface area contributed by atoms with Crippen molar-refractivity contribution in [1.29, 1.82) is 0 Å². The van der Waals surface area contributed by atoms with Crippen LogP contribution in [0.25, 0.3) is 0 Å². The van der Waals surface area contributed by atoms with E-state index in [1.54, 1.807) is 29.8 Å². The summed E-state index contributed by atoms with van der Waals surface area (Å²) in [4.78, 5) is 14.1. The standard InChI is InChI=1S/C12H12Cl2N4O2/c1-7(9-4-3-8(13)5-10(9)14)16-12-11(18(19)20)15-6-17(12)2/h3-7,16H,1-2H3. The lowest BCUT2D eigenvalue weighted by molar-refractivity contribution is -0.388. The van der Waals surface area contributed by atoms with E-state index in [1.165, 1.54) is 6.33 Å². The number of aryl methyl sites for hydroxylation is 1. The lowest BCUT2D eigenvalue weighted by Gasteiger charge is -2.16. The number of benzene rings is 1. The maximum atomic E-state index is 10.9. The SMILES string of the molecule is CC(Nc1c([N+](=O)[O-])ncn1C)c1ccc(Cl)cc1Cl. The average Bonchev–Trinajstić information content (AvgIpc) is 2.71. The van der Waals surface area contributed by atoms with E-state index < -0.39 is 4.92 Å². The van der Waals surface area contributed by atoms with Gasteiger partial charge < -0.3 is 15.4 Å². The zero-order valence-electron chi connectivity index (χ0n) is 10.8. The molecule has 2 rings (SSSR count). The highest BCUT2D eigenvalue weighted by molar-refractivity contribution is 6.35. The number of anilines is 1. The van der Waals surface area contributed by atoms with Crippen LogP contribution in [0.4, 0.5) is 11.6 Å². The fourth-order valence-electron chi connectivity index (χ4n) is 1.85. The molecule has 0 aliphatic carbocycles. The van der Waals surface area contributed by atoms with Gasteiger partial charge in [-0.15, -0.1) is 0 Å². The summed E-state index contributed by atoms with van der Waals surface area (Å²) in [6, 6.07) is 4.91. The number of imidazole rings is 1. The molecule has 6 nitrogen and oxygen atoms in total. The molecular formula is C12H12Cl2N4O2. The van der Waals surface area contributed by atoms with E-state index in [0.717, 1.165) is 5.56 Å². The summed E-state index contributed by atoms with van der Waals surface area (Å²) in [6.45, 7) is 1.85. The summed E-state index contributed by atoms with van der Waals surface area (Å²) in [6.07, 6.45) is 1.39. The van der Waals surface area contributed by atoms with Crippen LogP contribution in [0.15, 0.2) is 24.5 Å². The van der Waals surface area contributed by atoms with Gasteiger partial charge in [0.25, 0.3) is 0 Å². The minimum atomic E-state index is -0.529. The number of halogens is 2. The maximum Gasteiger partial charge on any atom is 0.406 e. The number of hydrogen-bond donors (Lipinski definition) is 1. The Bertz CT molecular complexity index is 657. The summed E-state index contributed by atoms with van der Waals surface area (Å²) in [7, 11) is 1.68. The number of aromatic nitrogens is 2. The van der Waals surface area contributed by atoms with Crippen LogP contribution in [0.1, 0.15) is 18.5 Å². The number of rotatable bonds is 4. The smallest absolute Gasteiger partial charge is 0.358 e. The van der Waals surface area contributed by atoms with E-state index in [-0.39, 0.29) is 11.9 Å². The summed E-state index contributed by atoms with van der Waals surface area (Å²) in [5.41, 5.74) is 0.798. The van der Waals surface area contributed by atoms with Gasteiger partial charge in [-0.1, -0.05) is 29.3 Å². The van der Waals surface area contributed by atoms with E-state index in [4.69, 9.17) is 23.2 Å². The van der Waals surface area contributed by atoms with Gasteiger partial charge in [-0.2, -0.15) is 0 Å². The summed E-state index contributed by atoms with van der Waals surface area (Å²) in [5, 5.41) is 15.0. The molecule has 1 aromatic carbocycles. The average molecular weight is 315 g/mol. The molecule has 0 fully saturated rings. The first-order valence-electron chi connectivity index (χ1n) is 5.77. The molecule has 0 bridgehead atoms. The zero-order chi connectivity index (χ0) is 14.9. The first kappa shape index (κ1) is 14.6. The molecule has 2 aromatic rings. The van der Waals surface area contributed by atoms with Gasteiger partial charge in [0, 0.05) is 17.1 Å². The molecule has 1 unspecified atom stereocenters. The molecule has 0 radical (unpaired) electrons. The molecule has 0 spiro atoms. The van der Waals surface area contributed by atoms with E-state index in [0.29, 0.717) is 15.9 Å². The van der Waals surface area contributed by atoms with Crippen LogP contribution in [0, 0.1) is 10.1 Å². The largest absolute Gasteiger partial charge is 0.406 e. The minimum absolute atomic E-state index is 0.218. The van der Waals surface area contributed by atoms with Crippen molar-refractivity contribution >= 4 is 34.8 Å². The summed E-state index contributed by atoms with van der Waals surface area (Å²) in [5.74, 6) is 0.109. The second-order valence-corrected chi connectivity index (χ2v) is 5.16. The van der Waals surface area contributed by atoms with Crippen molar-refractivity contribution in [3.8, 4) is 0 Å². The lowest BCUT2D eigenvalue weighted by Crippen LogP contribution is -2.11. The van der Waals surface area contributed by atoms with Gasteiger partial charge >= 0.3 is 5.82 Å². The molecule has 1 aromatic heterocycles. The van der Waals surface area contributed by atoms with Gasteiger partial charge in [-0.05, 0) is 34.5 Å². The molecule has 0 amide bonds. The van der Waals surface area contributed by atoms with Crippen molar-refractivity contribution < 1.29 is 4.92 Å². The number of nitro groups is 1.